The maximum atomic E-state index is 13.8. The van der Waals surface area contributed by atoms with Gasteiger partial charge in [0, 0.05) is 67.8 Å². The molecule has 2 saturated heterocycles. The highest BCUT2D eigenvalue weighted by Crippen LogP contribution is 2.34. The van der Waals surface area contributed by atoms with E-state index in [0.717, 1.165) is 45.6 Å². The monoisotopic (exact) mass is 627 g/mol. The Hall–Kier alpha value is -4.25. The molecule has 2 atom stereocenters. The van der Waals surface area contributed by atoms with Gasteiger partial charge in [-0.2, -0.15) is 0 Å². The number of likely N-dealkylation sites (N-methyl/N-ethyl adjacent to an activating group) is 1. The van der Waals surface area contributed by atoms with Gasteiger partial charge in [0.15, 0.2) is 0 Å². The number of hydrogen-bond donors (Lipinski definition) is 3. The van der Waals surface area contributed by atoms with Crippen LogP contribution < -0.4 is 15.8 Å². The third-order valence-electron chi connectivity index (χ3n) is 9.22. The fraction of sp³-hybridized carbons (Fsp3) is 0.417. The van der Waals surface area contributed by atoms with E-state index >= 15 is 0 Å². The number of carbonyl (C=O) groups excluding carboxylic acids is 2. The molecular formula is C36H45N5O5. The van der Waals surface area contributed by atoms with Crippen LogP contribution in [0.15, 0.2) is 59.9 Å². The van der Waals surface area contributed by atoms with E-state index in [1.54, 1.807) is 0 Å². The molecule has 2 aliphatic heterocycles. The third kappa shape index (κ3) is 7.09. The highest BCUT2D eigenvalue weighted by molar-refractivity contribution is 5.99. The maximum absolute atomic E-state index is 13.8. The fourth-order valence-electron chi connectivity index (χ4n) is 6.60. The number of aryl methyl sites for hydroxylation is 2. The normalized spacial score (nSPS) is 17.5. The van der Waals surface area contributed by atoms with Crippen LogP contribution >= 0.6 is 0 Å². The van der Waals surface area contributed by atoms with Crippen LogP contribution in [-0.2, 0) is 16.1 Å². The van der Waals surface area contributed by atoms with Crippen molar-refractivity contribution in [1.29, 1.82) is 0 Å². The van der Waals surface area contributed by atoms with Crippen LogP contribution in [0.5, 0.6) is 0 Å². The molecule has 2 aromatic carbocycles. The zero-order valence-corrected chi connectivity index (χ0v) is 27.3. The number of aliphatic hydroxyl groups excluding tert-OH is 1. The summed E-state index contributed by atoms with van der Waals surface area (Å²) < 4.78 is 5.43. The van der Waals surface area contributed by atoms with Crippen molar-refractivity contribution in [1.82, 2.24) is 20.1 Å². The van der Waals surface area contributed by atoms with Gasteiger partial charge in [-0.25, -0.2) is 0 Å². The van der Waals surface area contributed by atoms with E-state index in [0.29, 0.717) is 57.1 Å². The second-order valence-corrected chi connectivity index (χ2v) is 12.2. The van der Waals surface area contributed by atoms with Crippen LogP contribution in [-0.4, -0.2) is 83.7 Å². The number of morpholine rings is 1. The first kappa shape index (κ1) is 33.1. The molecular weight excluding hydrogens is 582 g/mol. The van der Waals surface area contributed by atoms with Crippen LogP contribution in [0.3, 0.4) is 0 Å². The number of pyridine rings is 1. The van der Waals surface area contributed by atoms with Gasteiger partial charge >= 0.3 is 0 Å². The summed E-state index contributed by atoms with van der Waals surface area (Å²) in [5.41, 5.74) is 6.73. The van der Waals surface area contributed by atoms with Crippen molar-refractivity contribution < 1.29 is 19.4 Å². The number of aromatic amines is 1. The van der Waals surface area contributed by atoms with Crippen molar-refractivity contribution in [3.8, 4) is 11.1 Å². The summed E-state index contributed by atoms with van der Waals surface area (Å²) in [6.07, 6.45) is 1.44. The number of carbonyl (C=O) groups is 2. The SMILES string of the molecule is C=CC(=O)N1CCC(N(CC)c2cc(-c3ccc(C(O)N4CCOCC4)cc3)cc(C(=O)NCc3c(C)cc(C)[nH]c3=O)c2C)C1. The van der Waals surface area contributed by atoms with Crippen molar-refractivity contribution in [2.45, 2.75) is 52.9 Å². The number of likely N-dealkylation sites (tertiary alicyclic amines) is 1. The topological polar surface area (TPSA) is 118 Å². The largest absolute Gasteiger partial charge is 0.379 e. The molecule has 3 aromatic rings. The van der Waals surface area contributed by atoms with Gasteiger partial charge in [-0.15, -0.1) is 0 Å². The van der Waals surface area contributed by atoms with E-state index in [-0.39, 0.29) is 30.0 Å². The smallest absolute Gasteiger partial charge is 0.253 e. The summed E-state index contributed by atoms with van der Waals surface area (Å²) in [7, 11) is 0. The molecule has 0 radical (unpaired) electrons. The van der Waals surface area contributed by atoms with Crippen molar-refractivity contribution >= 4 is 17.5 Å². The molecule has 10 heteroatoms. The highest BCUT2D eigenvalue weighted by Gasteiger charge is 2.31. The summed E-state index contributed by atoms with van der Waals surface area (Å²) in [5, 5.41) is 14.0. The lowest BCUT2D eigenvalue weighted by Crippen LogP contribution is -2.39. The Bertz CT molecular complexity index is 1640. The summed E-state index contributed by atoms with van der Waals surface area (Å²) in [5.74, 6) is -0.352. The molecule has 2 aliphatic rings. The molecule has 5 rings (SSSR count). The molecule has 46 heavy (non-hydrogen) atoms. The average molecular weight is 628 g/mol. The van der Waals surface area contributed by atoms with Crippen LogP contribution in [0.4, 0.5) is 5.69 Å². The van der Waals surface area contributed by atoms with Crippen LogP contribution in [0.25, 0.3) is 11.1 Å². The van der Waals surface area contributed by atoms with Gasteiger partial charge in [-0.1, -0.05) is 30.8 Å². The summed E-state index contributed by atoms with van der Waals surface area (Å²) in [4.78, 5) is 47.8. The Morgan fingerprint density at radius 2 is 1.83 bits per heavy atom. The number of nitrogens with one attached hydrogen (secondary N) is 2. The highest BCUT2D eigenvalue weighted by atomic mass is 16.5. The van der Waals surface area contributed by atoms with Crippen molar-refractivity contribution in [2.75, 3.05) is 50.8 Å². The van der Waals surface area contributed by atoms with Gasteiger partial charge in [0.25, 0.3) is 11.5 Å². The molecule has 244 valence electrons. The van der Waals surface area contributed by atoms with Gasteiger partial charge in [-0.3, -0.25) is 19.3 Å². The van der Waals surface area contributed by atoms with E-state index in [4.69, 9.17) is 4.74 Å². The molecule has 0 spiro atoms. The lowest BCUT2D eigenvalue weighted by atomic mass is 9.95. The third-order valence-corrected chi connectivity index (χ3v) is 9.22. The van der Waals surface area contributed by atoms with Gasteiger partial charge in [0.05, 0.1) is 13.2 Å². The Balaban J connectivity index is 1.49. The molecule has 0 saturated carbocycles. The first-order chi connectivity index (χ1) is 22.1. The summed E-state index contributed by atoms with van der Waals surface area (Å²) >= 11 is 0. The van der Waals surface area contributed by atoms with E-state index in [9.17, 15) is 19.5 Å². The average Bonchev–Trinajstić information content (AvgIpc) is 3.55. The molecule has 0 bridgehead atoms. The Morgan fingerprint density at radius 3 is 2.48 bits per heavy atom. The van der Waals surface area contributed by atoms with Gasteiger partial charge in [0.1, 0.15) is 6.23 Å². The fourth-order valence-corrected chi connectivity index (χ4v) is 6.60. The van der Waals surface area contributed by atoms with Crippen molar-refractivity contribution in [2.24, 2.45) is 0 Å². The second-order valence-electron chi connectivity index (χ2n) is 12.2. The number of rotatable bonds is 10. The molecule has 2 fully saturated rings. The molecule has 0 aliphatic carbocycles. The molecule has 3 heterocycles. The lowest BCUT2D eigenvalue weighted by Gasteiger charge is -2.32. The molecule has 1 aromatic heterocycles. The number of H-pyrrole nitrogens is 1. The van der Waals surface area contributed by atoms with Crippen molar-refractivity contribution in [3.63, 3.8) is 0 Å². The number of nitrogens with zero attached hydrogens (tertiary/aromatic N) is 3. The van der Waals surface area contributed by atoms with Gasteiger partial charge < -0.3 is 29.9 Å². The second kappa shape index (κ2) is 14.5. The van der Waals surface area contributed by atoms with Crippen molar-refractivity contribution in [3.05, 3.63) is 99.0 Å². The number of hydrogen-bond acceptors (Lipinski definition) is 7. The molecule has 10 nitrogen and oxygen atoms in total. The number of anilines is 1. The Labute approximate surface area is 270 Å². The molecule has 2 amide bonds. The number of amides is 2. The first-order valence-corrected chi connectivity index (χ1v) is 16.0. The van der Waals surface area contributed by atoms with Crippen LogP contribution in [0.1, 0.15) is 57.9 Å². The summed E-state index contributed by atoms with van der Waals surface area (Å²) in [6.45, 7) is 15.9. The molecule has 3 N–H and O–H groups in total. The summed E-state index contributed by atoms with van der Waals surface area (Å²) in [6, 6.07) is 13.8. The number of aromatic nitrogens is 1. The van der Waals surface area contributed by atoms with Crippen LogP contribution in [0, 0.1) is 20.8 Å². The van der Waals surface area contributed by atoms with Gasteiger partial charge in [0.2, 0.25) is 5.91 Å². The minimum absolute atomic E-state index is 0.0789. The Kier molecular flexibility index (Phi) is 10.4. The Morgan fingerprint density at radius 1 is 1.11 bits per heavy atom. The first-order valence-electron chi connectivity index (χ1n) is 16.0. The zero-order chi connectivity index (χ0) is 33.0. The standard InChI is InChI=1S/C36H45N5O5/c1-6-33(42)40-13-12-29(22-40)41(7-2)32-20-28(26-8-10-27(11-9-26)36(45)39-14-16-46-17-15-39)19-30(25(32)5)34(43)37-21-31-23(3)18-24(4)38-35(31)44/h6,8-11,18-20,29,36,45H,1,7,12-17,21-22H2,2-5H3,(H,37,43)(H,38,44). The maximum Gasteiger partial charge on any atom is 0.253 e. The van der Waals surface area contributed by atoms with Crippen LogP contribution in [0.2, 0.25) is 0 Å². The minimum Gasteiger partial charge on any atom is -0.379 e. The number of benzene rings is 2. The van der Waals surface area contributed by atoms with E-state index in [1.165, 1.54) is 6.08 Å². The minimum atomic E-state index is -0.722. The quantitative estimate of drug-likeness (QED) is 0.293. The van der Waals surface area contributed by atoms with Gasteiger partial charge in [-0.05, 0) is 86.2 Å². The predicted molar refractivity (Wildman–Crippen MR) is 180 cm³/mol. The lowest BCUT2D eigenvalue weighted by molar-refractivity contribution is -0.125. The number of ether oxygens (including phenoxy) is 1. The number of aliphatic hydroxyl groups is 1. The van der Waals surface area contributed by atoms with E-state index in [2.05, 4.69) is 34.8 Å². The van der Waals surface area contributed by atoms with E-state index in [1.807, 2.05) is 67.0 Å². The zero-order valence-electron chi connectivity index (χ0n) is 27.3. The predicted octanol–water partition coefficient (Wildman–Crippen LogP) is 3.83. The molecule has 2 unspecified atom stereocenters. The van der Waals surface area contributed by atoms with E-state index < -0.39 is 6.23 Å².